The molecule has 1 unspecified atom stereocenters. The zero-order valence-corrected chi connectivity index (χ0v) is 11.6. The first-order chi connectivity index (χ1) is 8.94. The second-order valence-electron chi connectivity index (χ2n) is 4.88. The lowest BCUT2D eigenvalue weighted by Gasteiger charge is -2.16. The highest BCUT2D eigenvalue weighted by atomic mass is 32.2. The Morgan fingerprint density at radius 2 is 2.16 bits per heavy atom. The average Bonchev–Trinajstić information content (AvgIpc) is 3.20. The van der Waals surface area contributed by atoms with Crippen LogP contribution in [0.3, 0.4) is 0 Å². The van der Waals surface area contributed by atoms with E-state index >= 15 is 0 Å². The molecule has 1 saturated carbocycles. The van der Waals surface area contributed by atoms with E-state index in [2.05, 4.69) is 4.72 Å². The molecule has 0 radical (unpaired) electrons. The molecule has 1 aromatic carbocycles. The molecule has 5 nitrogen and oxygen atoms in total. The first-order valence-corrected chi connectivity index (χ1v) is 7.76. The van der Waals surface area contributed by atoms with E-state index < -0.39 is 10.0 Å². The molecular formula is C13H18N2O3S. The Hall–Kier alpha value is -1.24. The van der Waals surface area contributed by atoms with Gasteiger partial charge in [-0.15, -0.1) is 0 Å². The largest absolute Gasteiger partial charge is 0.329 e. The van der Waals surface area contributed by atoms with Gasteiger partial charge < -0.3 is 5.73 Å². The summed E-state index contributed by atoms with van der Waals surface area (Å²) in [7, 11) is -3.61. The van der Waals surface area contributed by atoms with Crippen LogP contribution < -0.4 is 10.5 Å². The fraction of sp³-hybridized carbons (Fsp3) is 0.462. The molecule has 1 aliphatic rings. The van der Waals surface area contributed by atoms with E-state index in [0.29, 0.717) is 11.5 Å². The summed E-state index contributed by atoms with van der Waals surface area (Å²) in [4.78, 5) is 11.4. The van der Waals surface area contributed by atoms with Crippen molar-refractivity contribution in [3.8, 4) is 0 Å². The summed E-state index contributed by atoms with van der Waals surface area (Å²) in [6, 6.07) is 5.83. The van der Waals surface area contributed by atoms with Crippen LogP contribution in [-0.4, -0.2) is 26.8 Å². The van der Waals surface area contributed by atoms with E-state index in [1.807, 2.05) is 0 Å². The number of Topliss-reactive ketones (excluding diaryl/α,β-unsaturated/α-hetero) is 1. The Balaban J connectivity index is 2.23. The van der Waals surface area contributed by atoms with Crippen molar-refractivity contribution in [1.82, 2.24) is 4.72 Å². The molecule has 0 spiro atoms. The predicted molar refractivity (Wildman–Crippen MR) is 72.3 cm³/mol. The van der Waals surface area contributed by atoms with Crippen LogP contribution in [0.25, 0.3) is 0 Å². The molecule has 0 heterocycles. The molecule has 0 aliphatic heterocycles. The molecule has 2 rings (SSSR count). The smallest absolute Gasteiger partial charge is 0.240 e. The maximum Gasteiger partial charge on any atom is 0.240 e. The van der Waals surface area contributed by atoms with Crippen LogP contribution in [0.2, 0.25) is 0 Å². The fourth-order valence-electron chi connectivity index (χ4n) is 1.98. The number of ketones is 1. The molecule has 6 heteroatoms. The molecule has 1 fully saturated rings. The van der Waals surface area contributed by atoms with Gasteiger partial charge in [0.2, 0.25) is 10.0 Å². The topological polar surface area (TPSA) is 89.3 Å². The normalized spacial score (nSPS) is 17.2. The highest BCUT2D eigenvalue weighted by Gasteiger charge is 2.33. The predicted octanol–water partition coefficient (Wildman–Crippen LogP) is 0.905. The number of sulfonamides is 1. The number of rotatable bonds is 6. The van der Waals surface area contributed by atoms with E-state index in [0.717, 1.165) is 12.8 Å². The highest BCUT2D eigenvalue weighted by molar-refractivity contribution is 7.89. The monoisotopic (exact) mass is 282 g/mol. The minimum atomic E-state index is -3.61. The van der Waals surface area contributed by atoms with Crippen molar-refractivity contribution >= 4 is 15.8 Å². The van der Waals surface area contributed by atoms with Gasteiger partial charge in [-0.3, -0.25) is 4.79 Å². The lowest BCUT2D eigenvalue weighted by molar-refractivity contribution is 0.101. The van der Waals surface area contributed by atoms with E-state index in [9.17, 15) is 13.2 Å². The van der Waals surface area contributed by atoms with Crippen molar-refractivity contribution in [1.29, 1.82) is 0 Å². The third-order valence-corrected chi connectivity index (χ3v) is 4.79. The van der Waals surface area contributed by atoms with Crippen LogP contribution in [0.15, 0.2) is 29.2 Å². The number of nitrogens with one attached hydrogen (secondary N) is 1. The van der Waals surface area contributed by atoms with Crippen molar-refractivity contribution in [2.45, 2.75) is 30.7 Å². The fourth-order valence-corrected chi connectivity index (χ4v) is 3.35. The van der Waals surface area contributed by atoms with Crippen LogP contribution in [-0.2, 0) is 10.0 Å². The van der Waals surface area contributed by atoms with Gasteiger partial charge in [-0.25, -0.2) is 13.1 Å². The summed E-state index contributed by atoms with van der Waals surface area (Å²) in [5, 5.41) is 0. The van der Waals surface area contributed by atoms with Crippen molar-refractivity contribution in [2.24, 2.45) is 11.7 Å². The third kappa shape index (κ3) is 3.40. The summed E-state index contributed by atoms with van der Waals surface area (Å²) < 4.78 is 27.1. The molecule has 1 atom stereocenters. The van der Waals surface area contributed by atoms with E-state index in [-0.39, 0.29) is 23.3 Å². The van der Waals surface area contributed by atoms with E-state index in [1.54, 1.807) is 12.1 Å². The Labute approximate surface area is 113 Å². The van der Waals surface area contributed by atoms with Crippen LogP contribution in [0.4, 0.5) is 0 Å². The third-order valence-electron chi connectivity index (χ3n) is 3.30. The molecule has 19 heavy (non-hydrogen) atoms. The van der Waals surface area contributed by atoms with Crippen LogP contribution in [0, 0.1) is 5.92 Å². The van der Waals surface area contributed by atoms with Crippen LogP contribution in [0.5, 0.6) is 0 Å². The quantitative estimate of drug-likeness (QED) is 0.759. The van der Waals surface area contributed by atoms with Crippen LogP contribution in [0.1, 0.15) is 30.1 Å². The first-order valence-electron chi connectivity index (χ1n) is 6.27. The standard InChI is InChI=1S/C13H18N2O3S/c1-9(16)11-3-2-4-12(7-11)19(17,18)15-13(8-14)10-5-6-10/h2-4,7,10,13,15H,5-6,8,14H2,1H3. The molecule has 3 N–H and O–H groups in total. The number of nitrogens with two attached hydrogens (primary N) is 1. The van der Waals surface area contributed by atoms with Gasteiger partial charge >= 0.3 is 0 Å². The number of hydrogen-bond acceptors (Lipinski definition) is 4. The first kappa shape index (κ1) is 14.2. The van der Waals surface area contributed by atoms with Crippen molar-refractivity contribution in [3.63, 3.8) is 0 Å². The molecule has 0 bridgehead atoms. The summed E-state index contributed by atoms with van der Waals surface area (Å²) >= 11 is 0. The zero-order chi connectivity index (χ0) is 14.0. The second-order valence-corrected chi connectivity index (χ2v) is 6.60. The molecular weight excluding hydrogens is 264 g/mol. The van der Waals surface area contributed by atoms with Crippen molar-refractivity contribution in [3.05, 3.63) is 29.8 Å². The molecule has 1 aliphatic carbocycles. The highest BCUT2D eigenvalue weighted by Crippen LogP contribution is 2.32. The minimum Gasteiger partial charge on any atom is -0.329 e. The number of carbonyl (C=O) groups is 1. The number of carbonyl (C=O) groups excluding carboxylic acids is 1. The van der Waals surface area contributed by atoms with Gasteiger partial charge in [-0.2, -0.15) is 0 Å². The Morgan fingerprint density at radius 3 is 2.68 bits per heavy atom. The minimum absolute atomic E-state index is 0.110. The maximum absolute atomic E-state index is 12.2. The van der Waals surface area contributed by atoms with E-state index in [1.165, 1.54) is 19.1 Å². The summed E-state index contributed by atoms with van der Waals surface area (Å²) in [5.74, 6) is 0.186. The van der Waals surface area contributed by atoms with Gasteiger partial charge in [-0.1, -0.05) is 12.1 Å². The summed E-state index contributed by atoms with van der Waals surface area (Å²) in [6.45, 7) is 1.70. The maximum atomic E-state index is 12.2. The van der Waals surface area contributed by atoms with Gasteiger partial charge in [0.25, 0.3) is 0 Å². The average molecular weight is 282 g/mol. The van der Waals surface area contributed by atoms with Gasteiger partial charge in [-0.05, 0) is 37.8 Å². The summed E-state index contributed by atoms with van der Waals surface area (Å²) in [5.41, 5.74) is 5.98. The number of hydrogen-bond donors (Lipinski definition) is 2. The Bertz CT molecular complexity index is 579. The molecule has 0 amide bonds. The molecule has 0 saturated heterocycles. The van der Waals surface area contributed by atoms with Gasteiger partial charge in [0.15, 0.2) is 5.78 Å². The van der Waals surface area contributed by atoms with Crippen LogP contribution >= 0.6 is 0 Å². The zero-order valence-electron chi connectivity index (χ0n) is 10.8. The molecule has 1 aromatic rings. The second kappa shape index (κ2) is 5.40. The summed E-state index contributed by atoms with van der Waals surface area (Å²) in [6.07, 6.45) is 2.02. The number of benzene rings is 1. The molecule has 0 aromatic heterocycles. The lowest BCUT2D eigenvalue weighted by Crippen LogP contribution is -2.41. The Kier molecular flexibility index (Phi) is 4.03. The van der Waals surface area contributed by atoms with Crippen molar-refractivity contribution in [2.75, 3.05) is 6.54 Å². The SMILES string of the molecule is CC(=O)c1cccc(S(=O)(=O)NC(CN)C2CC2)c1. The van der Waals surface area contributed by atoms with Gasteiger partial charge in [0, 0.05) is 18.2 Å². The molecule has 104 valence electrons. The van der Waals surface area contributed by atoms with E-state index in [4.69, 9.17) is 5.73 Å². The van der Waals surface area contributed by atoms with Crippen molar-refractivity contribution < 1.29 is 13.2 Å². The Morgan fingerprint density at radius 1 is 1.47 bits per heavy atom. The van der Waals surface area contributed by atoms with Gasteiger partial charge in [0.05, 0.1) is 4.90 Å². The lowest BCUT2D eigenvalue weighted by atomic mass is 10.2. The van der Waals surface area contributed by atoms with Gasteiger partial charge in [0.1, 0.15) is 0 Å².